The molecule has 5 heteroatoms. The smallest absolute Gasteiger partial charge is 0.267 e. The second-order valence-electron chi connectivity index (χ2n) is 3.80. The first-order chi connectivity index (χ1) is 7.91. The number of aryl methyl sites for hydroxylation is 2. The first kappa shape index (κ1) is 11.7. The fourth-order valence-electron chi connectivity index (χ4n) is 1.92. The van der Waals surface area contributed by atoms with E-state index in [1.54, 1.807) is 30.3 Å². The van der Waals surface area contributed by atoms with Crippen molar-refractivity contribution in [3.63, 3.8) is 0 Å². The number of hydrogen-bond donors (Lipinski definition) is 0. The first-order valence-electron chi connectivity index (χ1n) is 5.07. The molecule has 0 fully saturated rings. The molecular formula is C12H11F3N2. The number of nitrogens with zero attached hydrogens (tertiary/aromatic N) is 2. The van der Waals surface area contributed by atoms with E-state index in [2.05, 4.69) is 5.10 Å². The fraction of sp³-hybridized carbons (Fsp3) is 0.250. The van der Waals surface area contributed by atoms with E-state index < -0.39 is 11.7 Å². The lowest BCUT2D eigenvalue weighted by Crippen LogP contribution is -2.08. The van der Waals surface area contributed by atoms with Gasteiger partial charge in [-0.05, 0) is 6.92 Å². The van der Waals surface area contributed by atoms with Gasteiger partial charge in [-0.3, -0.25) is 4.68 Å². The Hall–Kier alpha value is -1.78. The van der Waals surface area contributed by atoms with Crippen molar-refractivity contribution in [3.8, 4) is 11.3 Å². The third kappa shape index (κ3) is 2.05. The zero-order valence-corrected chi connectivity index (χ0v) is 9.42. The van der Waals surface area contributed by atoms with Crippen molar-refractivity contribution in [2.45, 2.75) is 13.1 Å². The summed E-state index contributed by atoms with van der Waals surface area (Å²) < 4.78 is 40.1. The zero-order chi connectivity index (χ0) is 12.6. The molecule has 2 aromatic rings. The maximum atomic E-state index is 13.0. The largest absolute Gasteiger partial charge is 0.420 e. The Labute approximate surface area is 96.7 Å². The third-order valence-corrected chi connectivity index (χ3v) is 2.55. The predicted molar refractivity (Wildman–Crippen MR) is 58.4 cm³/mol. The zero-order valence-electron chi connectivity index (χ0n) is 9.42. The molecule has 0 N–H and O–H groups in total. The molecule has 2 nitrogen and oxygen atoms in total. The highest BCUT2D eigenvalue weighted by atomic mass is 19.4. The van der Waals surface area contributed by atoms with Gasteiger partial charge in [0.2, 0.25) is 0 Å². The van der Waals surface area contributed by atoms with Crippen LogP contribution in [0.5, 0.6) is 0 Å². The van der Waals surface area contributed by atoms with Crippen LogP contribution >= 0.6 is 0 Å². The minimum atomic E-state index is -4.39. The van der Waals surface area contributed by atoms with E-state index >= 15 is 0 Å². The Morgan fingerprint density at radius 1 is 1.12 bits per heavy atom. The van der Waals surface area contributed by atoms with Gasteiger partial charge in [0.15, 0.2) is 0 Å². The lowest BCUT2D eigenvalue weighted by atomic mass is 10.1. The molecule has 2 rings (SSSR count). The van der Waals surface area contributed by atoms with E-state index in [0.717, 1.165) is 0 Å². The van der Waals surface area contributed by atoms with E-state index in [1.807, 2.05) is 0 Å². The van der Waals surface area contributed by atoms with E-state index in [1.165, 1.54) is 18.7 Å². The molecule has 0 saturated heterocycles. The van der Waals surface area contributed by atoms with Crippen molar-refractivity contribution >= 4 is 0 Å². The molecule has 17 heavy (non-hydrogen) atoms. The molecule has 0 spiro atoms. The lowest BCUT2D eigenvalue weighted by molar-refractivity contribution is -0.137. The molecule has 0 aliphatic carbocycles. The summed E-state index contributed by atoms with van der Waals surface area (Å²) >= 11 is 0. The quantitative estimate of drug-likeness (QED) is 0.746. The van der Waals surface area contributed by atoms with E-state index in [9.17, 15) is 13.2 Å². The maximum absolute atomic E-state index is 13.0. The van der Waals surface area contributed by atoms with Gasteiger partial charge in [-0.15, -0.1) is 0 Å². The van der Waals surface area contributed by atoms with Crippen LogP contribution < -0.4 is 0 Å². The van der Waals surface area contributed by atoms with Crippen molar-refractivity contribution in [3.05, 3.63) is 41.6 Å². The van der Waals surface area contributed by atoms with Crippen molar-refractivity contribution in [1.29, 1.82) is 0 Å². The number of halogens is 3. The van der Waals surface area contributed by atoms with Crippen molar-refractivity contribution in [1.82, 2.24) is 9.78 Å². The Morgan fingerprint density at radius 2 is 1.71 bits per heavy atom. The minimum absolute atomic E-state index is 0.00106. The summed E-state index contributed by atoms with van der Waals surface area (Å²) in [5.74, 6) is 0. The van der Waals surface area contributed by atoms with Crippen LogP contribution in [-0.4, -0.2) is 9.78 Å². The summed E-state index contributed by atoms with van der Waals surface area (Å²) in [4.78, 5) is 0. The maximum Gasteiger partial charge on any atom is 0.420 e. The highest BCUT2D eigenvalue weighted by molar-refractivity contribution is 5.65. The summed E-state index contributed by atoms with van der Waals surface area (Å²) in [5, 5.41) is 3.85. The van der Waals surface area contributed by atoms with Gasteiger partial charge in [0.05, 0.1) is 11.4 Å². The molecule has 0 bridgehead atoms. The van der Waals surface area contributed by atoms with Crippen LogP contribution in [0, 0.1) is 6.92 Å². The van der Waals surface area contributed by atoms with Gasteiger partial charge in [-0.25, -0.2) is 0 Å². The number of benzene rings is 1. The SMILES string of the molecule is Cc1nn(C)c(-c2ccccc2)c1C(F)(F)F. The van der Waals surface area contributed by atoms with Crippen LogP contribution in [0.3, 0.4) is 0 Å². The molecule has 0 radical (unpaired) electrons. The van der Waals surface area contributed by atoms with Gasteiger partial charge >= 0.3 is 6.18 Å². The summed E-state index contributed by atoms with van der Waals surface area (Å²) in [7, 11) is 1.52. The standard InChI is InChI=1S/C12H11F3N2/c1-8-10(12(13,14)15)11(17(2)16-8)9-6-4-3-5-7-9/h3-7H,1-2H3. The summed E-state index contributed by atoms with van der Waals surface area (Å²) in [5.41, 5.74) is -0.0384. The monoisotopic (exact) mass is 240 g/mol. The molecule has 1 heterocycles. The van der Waals surface area contributed by atoms with Gasteiger partial charge in [0.1, 0.15) is 5.56 Å². The number of rotatable bonds is 1. The van der Waals surface area contributed by atoms with Gasteiger partial charge in [0, 0.05) is 12.6 Å². The average molecular weight is 240 g/mol. The van der Waals surface area contributed by atoms with Gasteiger partial charge in [-0.2, -0.15) is 18.3 Å². The molecule has 0 saturated carbocycles. The van der Waals surface area contributed by atoms with E-state index in [4.69, 9.17) is 0 Å². The molecule has 0 aliphatic rings. The highest BCUT2D eigenvalue weighted by Gasteiger charge is 2.38. The van der Waals surface area contributed by atoms with E-state index in [-0.39, 0.29) is 11.4 Å². The van der Waals surface area contributed by atoms with E-state index in [0.29, 0.717) is 5.56 Å². The Morgan fingerprint density at radius 3 is 2.24 bits per heavy atom. The molecule has 1 aromatic carbocycles. The van der Waals surface area contributed by atoms with Crippen LogP contribution in [0.25, 0.3) is 11.3 Å². The van der Waals surface area contributed by atoms with Crippen LogP contribution in [0.4, 0.5) is 13.2 Å². The number of hydrogen-bond acceptors (Lipinski definition) is 1. The Bertz CT molecular complexity index is 527. The number of alkyl halides is 3. The normalized spacial score (nSPS) is 11.8. The molecule has 90 valence electrons. The van der Waals surface area contributed by atoms with Crippen molar-refractivity contribution < 1.29 is 13.2 Å². The summed E-state index contributed by atoms with van der Waals surface area (Å²) in [6.45, 7) is 1.37. The highest BCUT2D eigenvalue weighted by Crippen LogP contribution is 2.38. The molecule has 1 aromatic heterocycles. The predicted octanol–water partition coefficient (Wildman–Crippen LogP) is 3.41. The van der Waals surface area contributed by atoms with Gasteiger partial charge in [0.25, 0.3) is 0 Å². The van der Waals surface area contributed by atoms with Crippen LogP contribution in [-0.2, 0) is 13.2 Å². The van der Waals surface area contributed by atoms with Crippen LogP contribution in [0.15, 0.2) is 30.3 Å². The average Bonchev–Trinajstić information content (AvgIpc) is 2.54. The lowest BCUT2D eigenvalue weighted by Gasteiger charge is -2.09. The molecule has 0 atom stereocenters. The van der Waals surface area contributed by atoms with Gasteiger partial charge < -0.3 is 0 Å². The number of aromatic nitrogens is 2. The third-order valence-electron chi connectivity index (χ3n) is 2.55. The Kier molecular flexibility index (Phi) is 2.69. The Balaban J connectivity index is 2.70. The second kappa shape index (κ2) is 3.91. The summed E-state index contributed by atoms with van der Waals surface area (Å²) in [6, 6.07) is 8.47. The molecule has 0 amide bonds. The summed E-state index contributed by atoms with van der Waals surface area (Å²) in [6.07, 6.45) is -4.39. The van der Waals surface area contributed by atoms with Crippen LogP contribution in [0.1, 0.15) is 11.3 Å². The van der Waals surface area contributed by atoms with Crippen molar-refractivity contribution in [2.24, 2.45) is 7.05 Å². The van der Waals surface area contributed by atoms with Crippen LogP contribution in [0.2, 0.25) is 0 Å². The second-order valence-corrected chi connectivity index (χ2v) is 3.80. The first-order valence-corrected chi connectivity index (χ1v) is 5.07. The van der Waals surface area contributed by atoms with Crippen molar-refractivity contribution in [2.75, 3.05) is 0 Å². The molecular weight excluding hydrogens is 229 g/mol. The topological polar surface area (TPSA) is 17.8 Å². The molecule has 0 unspecified atom stereocenters. The fourth-order valence-corrected chi connectivity index (χ4v) is 1.92. The minimum Gasteiger partial charge on any atom is -0.267 e. The van der Waals surface area contributed by atoms with Gasteiger partial charge in [-0.1, -0.05) is 30.3 Å². The molecule has 0 aliphatic heterocycles.